The van der Waals surface area contributed by atoms with Gasteiger partial charge in [-0.05, 0) is 435 Å². The SMILES string of the molecule is CN1CCN(CC(=O)[C@H]2CC[C@H]3[C@@H]4CC[C@H]5C[C@](C)(O)CC[C@]5(CCO)[C@H]4CC[C@]23C)CC1.C[C@@]1(O)CC[C@@]2(CCO)[C@@H](CC[C@H]3[C@@H]4CC[C@H](C(=O)Cn5cccn5)[C@@]4(C)CC[C@@H]32)C1.C[C@@]1(O)CC[C@@]2(CO)[C@@H](CC[C@H]3[C@@H]4CC[C@H](C(=O)CN5CCOCC5)[C@@]4(C)CC[C@@H]32)C1.C[C@@]1(O)CC[C@@]2(CO)[C@@H](CC[C@H]3[C@@H]4CC[C@H](C(=O)Cn5cccc5)[C@@]4(C)CC[C@@H]32)C1. The maximum atomic E-state index is 13.6. The van der Waals surface area contributed by atoms with Gasteiger partial charge in [0.25, 0.3) is 0 Å². The molecule has 0 radical (unpaired) electrons. The molecule has 2 aromatic heterocycles. The number of piperazine rings is 1. The number of carbonyl (C=O) groups excluding carboxylic acids is 4. The predicted octanol–water partition coefficient (Wildman–Crippen LogP) is 15.5. The smallest absolute Gasteiger partial charge is 0.157 e. The Bertz CT molecular complexity index is 4020. The number of hydrogen-bond donors (Lipinski definition) is 8. The van der Waals surface area contributed by atoms with Gasteiger partial charge in [-0.15, -0.1) is 0 Å². The van der Waals surface area contributed by atoms with E-state index in [0.717, 1.165) is 213 Å². The Morgan fingerprint density at radius 3 is 1.00 bits per heavy atom. The van der Waals surface area contributed by atoms with Gasteiger partial charge in [0, 0.05) is 114 Å². The zero-order chi connectivity index (χ0) is 88.3. The molecule has 2 aliphatic heterocycles. The number of ether oxygens (including phenoxy) is 1. The van der Waals surface area contributed by atoms with E-state index in [4.69, 9.17) is 4.74 Å². The van der Waals surface area contributed by atoms with Gasteiger partial charge in [-0.3, -0.25) is 33.7 Å². The van der Waals surface area contributed by atoms with Crippen molar-refractivity contribution >= 4 is 23.1 Å². The molecule has 18 aliphatic rings. The van der Waals surface area contributed by atoms with Crippen LogP contribution in [0.2, 0.25) is 0 Å². The number of fused-ring (bicyclic) bond motifs is 20. The third kappa shape index (κ3) is 17.2. The number of aromatic nitrogens is 3. The molecule has 2 aromatic rings. The highest BCUT2D eigenvalue weighted by Crippen LogP contribution is 2.74. The van der Waals surface area contributed by atoms with Crippen molar-refractivity contribution in [1.29, 1.82) is 0 Å². The Balaban J connectivity index is 0.000000118. The van der Waals surface area contributed by atoms with Crippen molar-refractivity contribution in [2.45, 2.75) is 335 Å². The molecule has 4 heterocycles. The van der Waals surface area contributed by atoms with Gasteiger partial charge in [0.2, 0.25) is 0 Å². The quantitative estimate of drug-likeness (QED) is 0.0689. The number of nitrogens with zero attached hydrogens (tertiary/aromatic N) is 6. The fourth-order valence-electron chi connectivity index (χ4n) is 36.9. The zero-order valence-corrected chi connectivity index (χ0v) is 79.1. The van der Waals surface area contributed by atoms with E-state index in [1.54, 1.807) is 10.9 Å². The summed E-state index contributed by atoms with van der Waals surface area (Å²) in [6.45, 7) is 28.4. The van der Waals surface area contributed by atoms with E-state index in [9.17, 15) is 60.0 Å². The summed E-state index contributed by atoms with van der Waals surface area (Å²) in [5.74, 6) is 12.1. The first-order chi connectivity index (χ1) is 59.6. The molecule has 702 valence electrons. The van der Waals surface area contributed by atoms with Gasteiger partial charge >= 0.3 is 0 Å². The van der Waals surface area contributed by atoms with Crippen molar-refractivity contribution in [2.75, 3.05) is 99.0 Å². The Kier molecular flexibility index (Phi) is 27.0. The third-order valence-corrected chi connectivity index (χ3v) is 43.2. The molecule has 19 heteroatoms. The van der Waals surface area contributed by atoms with Crippen LogP contribution in [0, 0.1) is 162 Å². The summed E-state index contributed by atoms with van der Waals surface area (Å²) in [7, 11) is 2.17. The Labute approximate surface area is 751 Å². The highest BCUT2D eigenvalue weighted by atomic mass is 16.5. The summed E-state index contributed by atoms with van der Waals surface area (Å²) < 4.78 is 9.25. The average Bonchev–Trinajstić information content (AvgIpc) is 1.69. The van der Waals surface area contributed by atoms with Gasteiger partial charge in [-0.1, -0.05) is 27.7 Å². The van der Waals surface area contributed by atoms with Crippen LogP contribution in [0.4, 0.5) is 0 Å². The van der Waals surface area contributed by atoms with E-state index < -0.39 is 22.4 Å². The van der Waals surface area contributed by atoms with E-state index in [1.807, 2.05) is 69.1 Å². The van der Waals surface area contributed by atoms with E-state index in [0.29, 0.717) is 144 Å². The number of likely N-dealkylation sites (N-methyl/N-ethyl adjacent to an activating group) is 1. The lowest BCUT2D eigenvalue weighted by Crippen LogP contribution is -2.58. The molecular weight excluding hydrogens is 1570 g/mol. The molecular formula is C106H170N6O13. The normalized spacial score (nSPS) is 48.5. The first kappa shape index (κ1) is 93.5. The Morgan fingerprint density at radius 2 is 0.664 bits per heavy atom. The second-order valence-corrected chi connectivity index (χ2v) is 49.2. The van der Waals surface area contributed by atoms with Gasteiger partial charge in [-0.2, -0.15) is 5.10 Å². The minimum atomic E-state index is -0.567. The molecule has 16 aliphatic carbocycles. The minimum absolute atomic E-state index is 0.000275. The number of hydrogen-bond acceptors (Lipinski definition) is 17. The number of aliphatic hydroxyl groups excluding tert-OH is 4. The van der Waals surface area contributed by atoms with Gasteiger partial charge in [-0.25, -0.2) is 0 Å². The fraction of sp³-hybridized carbons (Fsp3) is 0.896. The molecule has 0 spiro atoms. The van der Waals surface area contributed by atoms with Crippen molar-refractivity contribution in [3.05, 3.63) is 43.0 Å². The number of ketones is 4. The predicted molar refractivity (Wildman–Crippen MR) is 486 cm³/mol. The van der Waals surface area contributed by atoms with E-state index in [-0.39, 0.29) is 93.4 Å². The molecule has 0 aromatic carbocycles. The first-order valence-corrected chi connectivity index (χ1v) is 51.8. The number of Topliss-reactive ketones (excluding diaryl/α,β-unsaturated/α-hetero) is 4. The van der Waals surface area contributed by atoms with Crippen LogP contribution < -0.4 is 0 Å². The van der Waals surface area contributed by atoms with Crippen LogP contribution in [-0.4, -0.2) is 214 Å². The average molecular weight is 1740 g/mol. The van der Waals surface area contributed by atoms with Gasteiger partial charge in [0.05, 0.1) is 61.8 Å². The number of rotatable bonds is 18. The molecule has 20 rings (SSSR count). The number of carbonyl (C=O) groups is 4. The van der Waals surface area contributed by atoms with Crippen molar-refractivity contribution in [2.24, 2.45) is 162 Å². The molecule has 0 amide bonds. The van der Waals surface area contributed by atoms with Gasteiger partial charge in [0.1, 0.15) is 11.6 Å². The van der Waals surface area contributed by atoms with E-state index in [2.05, 4.69) is 54.5 Å². The zero-order valence-electron chi connectivity index (χ0n) is 79.1. The maximum absolute atomic E-state index is 13.6. The summed E-state index contributed by atoms with van der Waals surface area (Å²) in [4.78, 5) is 60.5. The van der Waals surface area contributed by atoms with Crippen LogP contribution in [0.5, 0.6) is 0 Å². The minimum Gasteiger partial charge on any atom is -0.396 e. The molecule has 2 saturated heterocycles. The van der Waals surface area contributed by atoms with Gasteiger partial charge < -0.3 is 55.1 Å². The van der Waals surface area contributed by atoms with Crippen LogP contribution in [0.25, 0.3) is 0 Å². The van der Waals surface area contributed by atoms with Crippen molar-refractivity contribution < 1.29 is 64.8 Å². The summed E-state index contributed by atoms with van der Waals surface area (Å²) in [5, 5.41) is 88.7. The van der Waals surface area contributed by atoms with E-state index in [1.165, 1.54) is 83.5 Å². The second-order valence-electron chi connectivity index (χ2n) is 49.2. The monoisotopic (exact) mass is 1740 g/mol. The van der Waals surface area contributed by atoms with Crippen molar-refractivity contribution in [3.8, 4) is 0 Å². The Hall–Kier alpha value is -3.31. The second kappa shape index (κ2) is 36.2. The largest absolute Gasteiger partial charge is 0.396 e. The maximum Gasteiger partial charge on any atom is 0.157 e. The number of aliphatic hydroxyl groups is 8. The molecule has 18 fully saturated rings. The lowest BCUT2D eigenvalue weighted by atomic mass is 9.42. The highest BCUT2D eigenvalue weighted by Gasteiger charge is 2.69. The Morgan fingerprint density at radius 1 is 0.344 bits per heavy atom. The third-order valence-electron chi connectivity index (χ3n) is 43.2. The van der Waals surface area contributed by atoms with Gasteiger partial charge in [0.15, 0.2) is 11.6 Å². The molecule has 16 saturated carbocycles. The molecule has 32 atom stereocenters. The van der Waals surface area contributed by atoms with Crippen LogP contribution in [0.3, 0.4) is 0 Å². The lowest BCUT2D eigenvalue weighted by molar-refractivity contribution is -0.171. The topological polar surface area (TPSA) is 272 Å². The fourth-order valence-corrected chi connectivity index (χ4v) is 36.9. The molecule has 8 N–H and O–H groups in total. The summed E-state index contributed by atoms with van der Waals surface area (Å²) in [6, 6.07) is 5.87. The van der Waals surface area contributed by atoms with Crippen molar-refractivity contribution in [3.63, 3.8) is 0 Å². The highest BCUT2D eigenvalue weighted by molar-refractivity contribution is 5.85. The van der Waals surface area contributed by atoms with E-state index >= 15 is 0 Å². The molecule has 125 heavy (non-hydrogen) atoms. The van der Waals surface area contributed by atoms with Crippen molar-refractivity contribution in [1.82, 2.24) is 29.0 Å². The van der Waals surface area contributed by atoms with Crippen LogP contribution in [0.1, 0.15) is 299 Å². The van der Waals surface area contributed by atoms with Crippen LogP contribution in [0.15, 0.2) is 43.0 Å². The van der Waals surface area contributed by atoms with Crippen LogP contribution in [-0.2, 0) is 37.0 Å². The summed E-state index contributed by atoms with van der Waals surface area (Å²) in [5.41, 5.74) is -1.28. The molecule has 19 nitrogen and oxygen atoms in total. The lowest BCUT2D eigenvalue weighted by Gasteiger charge is -2.63. The molecule has 0 bridgehead atoms. The number of morpholine rings is 1. The summed E-state index contributed by atoms with van der Waals surface area (Å²) >= 11 is 0. The first-order valence-electron chi connectivity index (χ1n) is 51.8. The van der Waals surface area contributed by atoms with Crippen LogP contribution >= 0.6 is 0 Å². The summed E-state index contributed by atoms with van der Waals surface area (Å²) in [6.07, 6.45) is 48.1. The standard InChI is InChI=1S/C28H48N2O3.C26H40N2O3.C26H43NO4.C26H39NO3/c1-26(33)10-11-28(12-17-31)20(18-26)4-5-21-22-6-7-24(27(22,2)9-8-23(21)28)25(32)19-30-15-13-29(3)14-16-30;1-24(31)10-11-26(12-15-29)18(16-24)4-5-19-20-6-7-22(25(20,2)9-8-21(19)26)23(30)17-28-14-3-13-27-28;1-24(30)9-10-26(17-28)18(15-24)3-4-19-20-5-6-22(25(20,2)8-7-21(19)26)23(29)16-27-11-13-31-14-12-27;1-24(30)11-12-26(17-28)18(15-24)5-6-19-20-7-8-22(25(20,2)10-9-21(19)26)23(29)16-27-13-3-4-14-27/h20-24,31,33H,4-19H2,1-3H3;3,13-14,18-22,29,31H,4-12,15-17H2,1-2H3;18-22,28,30H,3-17H2,1-2H3;3-4,13-14,18-22,28,30H,5-12,15-17H2,1-2H3/t20-,21-,22-,23-,24+,26+,27-,28+;3*18-,19-,20-,21-,22+,24+,25-,26+/m0000/s1. The molecule has 0 unspecified atom stereocenters.